The van der Waals surface area contributed by atoms with Gasteiger partial charge in [0.1, 0.15) is 11.5 Å². The lowest BCUT2D eigenvalue weighted by atomic mass is 9.93. The zero-order valence-electron chi connectivity index (χ0n) is 14.2. The van der Waals surface area contributed by atoms with Crippen molar-refractivity contribution < 1.29 is 17.9 Å². The summed E-state index contributed by atoms with van der Waals surface area (Å²) in [5.41, 5.74) is 1.78. The molecule has 0 heterocycles. The molecule has 24 heavy (non-hydrogen) atoms. The zero-order valence-corrected chi connectivity index (χ0v) is 15.0. The standard InChI is InChI=1S/C18H23NO4S/c1-18(24(19,20)21,12-14-4-8-16(22-2)9-5-14)13-15-6-10-17(23-3)11-7-15/h4-11H,12-13H2,1-3H3,(H2,19,20,21). The Bertz CT molecular complexity index is 718. The van der Waals surface area contributed by atoms with Crippen LogP contribution in [0.4, 0.5) is 0 Å². The van der Waals surface area contributed by atoms with Gasteiger partial charge in [0.15, 0.2) is 0 Å². The van der Waals surface area contributed by atoms with Crippen molar-refractivity contribution in [3.05, 3.63) is 59.7 Å². The van der Waals surface area contributed by atoms with E-state index in [1.807, 2.05) is 48.5 Å². The SMILES string of the molecule is COc1ccc(CC(C)(Cc2ccc(OC)cc2)S(N)(=O)=O)cc1. The van der Waals surface area contributed by atoms with Crippen LogP contribution in [0.15, 0.2) is 48.5 Å². The summed E-state index contributed by atoms with van der Waals surface area (Å²) in [6.07, 6.45) is 0.643. The van der Waals surface area contributed by atoms with Gasteiger partial charge in [0.05, 0.1) is 19.0 Å². The minimum Gasteiger partial charge on any atom is -0.497 e. The van der Waals surface area contributed by atoms with Crippen molar-refractivity contribution >= 4 is 10.0 Å². The molecule has 0 aliphatic heterocycles. The Labute approximate surface area is 143 Å². The molecule has 2 rings (SSSR count). The summed E-state index contributed by atoms with van der Waals surface area (Å²) in [7, 11) is -0.574. The van der Waals surface area contributed by atoms with Crippen LogP contribution >= 0.6 is 0 Å². The number of hydrogen-bond donors (Lipinski definition) is 1. The molecule has 2 aromatic carbocycles. The zero-order chi connectivity index (χ0) is 17.8. The quantitative estimate of drug-likeness (QED) is 0.833. The van der Waals surface area contributed by atoms with Gasteiger partial charge < -0.3 is 9.47 Å². The van der Waals surface area contributed by atoms with E-state index in [-0.39, 0.29) is 0 Å². The Morgan fingerprint density at radius 3 is 1.42 bits per heavy atom. The van der Waals surface area contributed by atoms with Crippen molar-refractivity contribution in [1.29, 1.82) is 0 Å². The van der Waals surface area contributed by atoms with Crippen LogP contribution in [0.1, 0.15) is 18.1 Å². The Balaban J connectivity index is 2.27. The second kappa shape index (κ2) is 7.23. The van der Waals surface area contributed by atoms with E-state index in [1.165, 1.54) is 0 Å². The first-order valence-corrected chi connectivity index (χ1v) is 9.10. The van der Waals surface area contributed by atoms with Crippen LogP contribution in [-0.2, 0) is 22.9 Å². The molecular weight excluding hydrogens is 326 g/mol. The van der Waals surface area contributed by atoms with Crippen molar-refractivity contribution in [2.45, 2.75) is 24.5 Å². The Morgan fingerprint density at radius 2 is 1.17 bits per heavy atom. The molecule has 0 radical (unpaired) electrons. The van der Waals surface area contributed by atoms with Crippen molar-refractivity contribution in [3.63, 3.8) is 0 Å². The fourth-order valence-corrected chi connectivity index (χ4v) is 3.35. The number of nitrogens with two attached hydrogens (primary N) is 1. The Morgan fingerprint density at radius 1 is 0.833 bits per heavy atom. The van der Waals surface area contributed by atoms with E-state index in [4.69, 9.17) is 14.6 Å². The van der Waals surface area contributed by atoms with Gasteiger partial charge in [0.2, 0.25) is 10.0 Å². The van der Waals surface area contributed by atoms with E-state index in [1.54, 1.807) is 21.1 Å². The van der Waals surface area contributed by atoms with E-state index in [2.05, 4.69) is 0 Å². The number of hydrogen-bond acceptors (Lipinski definition) is 4. The first-order chi connectivity index (χ1) is 11.3. The minimum atomic E-state index is -3.75. The third kappa shape index (κ3) is 4.27. The van der Waals surface area contributed by atoms with E-state index in [0.717, 1.165) is 22.6 Å². The molecule has 0 amide bonds. The molecule has 0 unspecified atom stereocenters. The highest BCUT2D eigenvalue weighted by atomic mass is 32.2. The lowest BCUT2D eigenvalue weighted by molar-refractivity contribution is 0.414. The van der Waals surface area contributed by atoms with Crippen LogP contribution < -0.4 is 14.6 Å². The van der Waals surface area contributed by atoms with E-state index >= 15 is 0 Å². The number of rotatable bonds is 7. The summed E-state index contributed by atoms with van der Waals surface area (Å²) in [5.74, 6) is 1.46. The largest absolute Gasteiger partial charge is 0.497 e. The molecule has 0 fully saturated rings. The maximum Gasteiger partial charge on any atom is 0.215 e. The monoisotopic (exact) mass is 349 g/mol. The second-order valence-electron chi connectivity index (χ2n) is 6.04. The average Bonchev–Trinajstić information content (AvgIpc) is 2.55. The number of primary sulfonamides is 1. The average molecular weight is 349 g/mol. The van der Waals surface area contributed by atoms with Gasteiger partial charge >= 0.3 is 0 Å². The lowest BCUT2D eigenvalue weighted by Crippen LogP contribution is -2.44. The topological polar surface area (TPSA) is 78.6 Å². The van der Waals surface area contributed by atoms with Crippen molar-refractivity contribution in [2.75, 3.05) is 14.2 Å². The second-order valence-corrected chi connectivity index (χ2v) is 8.12. The number of ether oxygens (including phenoxy) is 2. The Hall–Kier alpha value is -2.05. The molecule has 0 saturated carbocycles. The fraction of sp³-hybridized carbons (Fsp3) is 0.333. The molecule has 0 aliphatic rings. The highest BCUT2D eigenvalue weighted by Gasteiger charge is 2.37. The smallest absolute Gasteiger partial charge is 0.215 e. The van der Waals surface area contributed by atoms with Gasteiger partial charge in [-0.1, -0.05) is 24.3 Å². The van der Waals surface area contributed by atoms with Crippen LogP contribution in [0, 0.1) is 0 Å². The van der Waals surface area contributed by atoms with Gasteiger partial charge in [0, 0.05) is 0 Å². The normalized spacial score (nSPS) is 12.0. The van der Waals surface area contributed by atoms with Crippen LogP contribution in [-0.4, -0.2) is 27.4 Å². The van der Waals surface area contributed by atoms with Crippen molar-refractivity contribution in [3.8, 4) is 11.5 Å². The van der Waals surface area contributed by atoms with Gasteiger partial charge in [-0.3, -0.25) is 0 Å². The number of benzene rings is 2. The summed E-state index contributed by atoms with van der Waals surface area (Å²) in [4.78, 5) is 0. The summed E-state index contributed by atoms with van der Waals surface area (Å²) in [5, 5.41) is 5.54. The number of sulfonamides is 1. The molecule has 2 aromatic rings. The van der Waals surface area contributed by atoms with E-state index in [0.29, 0.717) is 12.8 Å². The van der Waals surface area contributed by atoms with E-state index in [9.17, 15) is 8.42 Å². The molecule has 0 saturated heterocycles. The molecule has 0 aromatic heterocycles. The third-order valence-electron chi connectivity index (χ3n) is 4.16. The van der Waals surface area contributed by atoms with Crippen LogP contribution in [0.3, 0.4) is 0 Å². The first-order valence-electron chi connectivity index (χ1n) is 7.55. The minimum absolute atomic E-state index is 0.321. The maximum atomic E-state index is 12.2. The molecule has 2 N–H and O–H groups in total. The maximum absolute atomic E-state index is 12.2. The molecule has 6 heteroatoms. The van der Waals surface area contributed by atoms with Crippen LogP contribution in [0.5, 0.6) is 11.5 Å². The lowest BCUT2D eigenvalue weighted by Gasteiger charge is -2.27. The van der Waals surface area contributed by atoms with E-state index < -0.39 is 14.8 Å². The van der Waals surface area contributed by atoms with Crippen molar-refractivity contribution in [2.24, 2.45) is 5.14 Å². The highest BCUT2D eigenvalue weighted by molar-refractivity contribution is 7.90. The molecule has 130 valence electrons. The van der Waals surface area contributed by atoms with Gasteiger partial charge in [-0.25, -0.2) is 13.6 Å². The van der Waals surface area contributed by atoms with Crippen LogP contribution in [0.2, 0.25) is 0 Å². The molecule has 0 aliphatic carbocycles. The van der Waals surface area contributed by atoms with Gasteiger partial charge in [0.25, 0.3) is 0 Å². The molecular formula is C18H23NO4S. The molecule has 5 nitrogen and oxygen atoms in total. The van der Waals surface area contributed by atoms with Gasteiger partial charge in [-0.2, -0.15) is 0 Å². The summed E-state index contributed by atoms with van der Waals surface area (Å²) in [6, 6.07) is 14.7. The van der Waals surface area contributed by atoms with Crippen LogP contribution in [0.25, 0.3) is 0 Å². The highest BCUT2D eigenvalue weighted by Crippen LogP contribution is 2.27. The van der Waals surface area contributed by atoms with Crippen molar-refractivity contribution in [1.82, 2.24) is 0 Å². The predicted molar refractivity (Wildman–Crippen MR) is 94.9 cm³/mol. The first kappa shape index (κ1) is 18.3. The summed E-state index contributed by atoms with van der Waals surface area (Å²) >= 11 is 0. The Kier molecular flexibility index (Phi) is 5.51. The fourth-order valence-electron chi connectivity index (χ4n) is 2.61. The summed E-state index contributed by atoms with van der Waals surface area (Å²) in [6.45, 7) is 1.68. The van der Waals surface area contributed by atoms with Gasteiger partial charge in [-0.05, 0) is 55.2 Å². The molecule has 0 bridgehead atoms. The summed E-state index contributed by atoms with van der Waals surface area (Å²) < 4.78 is 33.6. The predicted octanol–water partition coefficient (Wildman–Crippen LogP) is 2.54. The number of methoxy groups -OCH3 is 2. The molecule has 0 atom stereocenters. The van der Waals surface area contributed by atoms with Gasteiger partial charge in [-0.15, -0.1) is 0 Å². The third-order valence-corrected chi connectivity index (χ3v) is 5.82. The molecule has 0 spiro atoms.